The highest BCUT2D eigenvalue weighted by Gasteiger charge is 2.22. The van der Waals surface area contributed by atoms with Crippen LogP contribution in [0, 0.1) is 17.7 Å². The number of anilines is 1. The number of hydrogen-bond acceptors (Lipinski definition) is 3. The van der Waals surface area contributed by atoms with Crippen LogP contribution in [0.1, 0.15) is 20.8 Å². The van der Waals surface area contributed by atoms with Crippen LogP contribution in [0.5, 0.6) is 0 Å². The summed E-state index contributed by atoms with van der Waals surface area (Å²) in [5.41, 5.74) is 5.73. The predicted molar refractivity (Wildman–Crippen MR) is 77.7 cm³/mol. The quantitative estimate of drug-likeness (QED) is 0.800. The molecule has 1 unspecified atom stereocenters. The lowest BCUT2D eigenvalue weighted by Crippen LogP contribution is -2.31. The van der Waals surface area contributed by atoms with Gasteiger partial charge in [-0.3, -0.25) is 0 Å². The third-order valence-corrected chi connectivity index (χ3v) is 5.04. The fourth-order valence-corrected chi connectivity index (χ4v) is 3.22. The van der Waals surface area contributed by atoms with Crippen molar-refractivity contribution >= 4 is 31.6 Å². The zero-order valence-corrected chi connectivity index (χ0v) is 13.5. The average molecular weight is 353 g/mol. The molecule has 7 heteroatoms. The highest BCUT2D eigenvalue weighted by Crippen LogP contribution is 2.26. The smallest absolute Gasteiger partial charge is 0.243 e. The van der Waals surface area contributed by atoms with Crippen molar-refractivity contribution in [3.8, 4) is 0 Å². The SMILES string of the molecule is CC(C)C(C)CNS(=O)(=O)c1cc(N)cc(Br)c1F. The molecule has 0 radical (unpaired) electrons. The lowest BCUT2D eigenvalue weighted by molar-refractivity contribution is 0.414. The molecule has 1 aromatic carbocycles. The number of halogens is 2. The first-order valence-electron chi connectivity index (χ1n) is 5.89. The van der Waals surface area contributed by atoms with E-state index in [-0.39, 0.29) is 22.6 Å². The molecule has 0 aliphatic rings. The first-order valence-corrected chi connectivity index (χ1v) is 8.17. The molecule has 0 spiro atoms. The standard InChI is InChI=1S/C12H18BrFN2O2S/c1-7(2)8(3)6-16-19(17,18)11-5-9(15)4-10(13)12(11)14/h4-5,7-8,16H,6,15H2,1-3H3. The summed E-state index contributed by atoms with van der Waals surface area (Å²) in [5, 5.41) is 0. The summed E-state index contributed by atoms with van der Waals surface area (Å²) in [6.45, 7) is 6.18. The lowest BCUT2D eigenvalue weighted by atomic mass is 9.99. The van der Waals surface area contributed by atoms with E-state index in [0.29, 0.717) is 5.92 Å². The predicted octanol–water partition coefficient (Wildman–Crippen LogP) is 2.74. The van der Waals surface area contributed by atoms with E-state index in [1.807, 2.05) is 20.8 Å². The third kappa shape index (κ3) is 4.15. The molecule has 0 saturated heterocycles. The van der Waals surface area contributed by atoms with Crippen LogP contribution in [0.3, 0.4) is 0 Å². The molecule has 1 aromatic rings. The van der Waals surface area contributed by atoms with Crippen molar-refractivity contribution in [3.05, 3.63) is 22.4 Å². The van der Waals surface area contributed by atoms with Crippen LogP contribution in [-0.2, 0) is 10.0 Å². The minimum atomic E-state index is -3.90. The monoisotopic (exact) mass is 352 g/mol. The van der Waals surface area contributed by atoms with Gasteiger partial charge in [-0.15, -0.1) is 0 Å². The van der Waals surface area contributed by atoms with Crippen LogP contribution in [-0.4, -0.2) is 15.0 Å². The van der Waals surface area contributed by atoms with Gasteiger partial charge in [0.25, 0.3) is 0 Å². The van der Waals surface area contributed by atoms with Gasteiger partial charge in [0.2, 0.25) is 10.0 Å². The number of benzene rings is 1. The first kappa shape index (κ1) is 16.4. The highest BCUT2D eigenvalue weighted by molar-refractivity contribution is 9.10. The molecule has 0 bridgehead atoms. The molecule has 0 amide bonds. The molecule has 19 heavy (non-hydrogen) atoms. The molecule has 1 rings (SSSR count). The van der Waals surface area contributed by atoms with E-state index in [4.69, 9.17) is 5.73 Å². The number of nitrogens with two attached hydrogens (primary N) is 1. The van der Waals surface area contributed by atoms with Crippen LogP contribution in [0.4, 0.5) is 10.1 Å². The van der Waals surface area contributed by atoms with Crippen LogP contribution in [0.25, 0.3) is 0 Å². The molecule has 108 valence electrons. The maximum atomic E-state index is 13.8. The Morgan fingerprint density at radius 3 is 2.47 bits per heavy atom. The molecular formula is C12H18BrFN2O2S. The molecule has 0 fully saturated rings. The topological polar surface area (TPSA) is 72.2 Å². The fourth-order valence-electron chi connectivity index (χ4n) is 1.33. The maximum absolute atomic E-state index is 13.8. The molecule has 0 heterocycles. The molecule has 1 atom stereocenters. The Morgan fingerprint density at radius 2 is 1.95 bits per heavy atom. The van der Waals surface area contributed by atoms with Gasteiger partial charge in [-0.1, -0.05) is 20.8 Å². The number of nitrogens with one attached hydrogen (secondary N) is 1. The zero-order chi connectivity index (χ0) is 14.8. The van der Waals surface area contributed by atoms with Gasteiger partial charge in [0, 0.05) is 12.2 Å². The Hall–Kier alpha value is -0.660. The zero-order valence-electron chi connectivity index (χ0n) is 11.1. The minimum Gasteiger partial charge on any atom is -0.399 e. The second-order valence-corrected chi connectivity index (χ2v) is 7.48. The summed E-state index contributed by atoms with van der Waals surface area (Å²) >= 11 is 2.95. The summed E-state index contributed by atoms with van der Waals surface area (Å²) < 4.78 is 40.4. The van der Waals surface area contributed by atoms with Gasteiger partial charge >= 0.3 is 0 Å². The van der Waals surface area contributed by atoms with Crippen molar-refractivity contribution < 1.29 is 12.8 Å². The van der Waals surface area contributed by atoms with E-state index in [1.165, 1.54) is 6.07 Å². The second kappa shape index (κ2) is 6.19. The van der Waals surface area contributed by atoms with E-state index >= 15 is 0 Å². The van der Waals surface area contributed by atoms with E-state index in [2.05, 4.69) is 20.7 Å². The Bertz CT molecular complexity index is 561. The number of rotatable bonds is 5. The van der Waals surface area contributed by atoms with Crippen LogP contribution in [0.2, 0.25) is 0 Å². The lowest BCUT2D eigenvalue weighted by Gasteiger charge is -2.16. The fraction of sp³-hybridized carbons (Fsp3) is 0.500. The Morgan fingerprint density at radius 1 is 1.37 bits per heavy atom. The minimum absolute atomic E-state index is 0.0322. The van der Waals surface area contributed by atoms with E-state index in [1.54, 1.807) is 0 Å². The van der Waals surface area contributed by atoms with Crippen molar-refractivity contribution in [3.63, 3.8) is 0 Å². The van der Waals surface area contributed by atoms with Crippen LogP contribution < -0.4 is 10.5 Å². The Balaban J connectivity index is 3.01. The summed E-state index contributed by atoms with van der Waals surface area (Å²) in [6.07, 6.45) is 0. The maximum Gasteiger partial charge on any atom is 0.243 e. The van der Waals surface area contributed by atoms with Gasteiger partial charge in [-0.2, -0.15) is 0 Å². The van der Waals surface area contributed by atoms with Gasteiger partial charge < -0.3 is 5.73 Å². The molecular weight excluding hydrogens is 335 g/mol. The van der Waals surface area contributed by atoms with Crippen molar-refractivity contribution in [2.75, 3.05) is 12.3 Å². The summed E-state index contributed by atoms with van der Waals surface area (Å²) in [6, 6.07) is 2.44. The molecule has 4 nitrogen and oxygen atoms in total. The molecule has 0 aliphatic carbocycles. The third-order valence-electron chi connectivity index (χ3n) is 3.04. The Kier molecular flexibility index (Phi) is 5.34. The largest absolute Gasteiger partial charge is 0.399 e. The average Bonchev–Trinajstić information content (AvgIpc) is 2.30. The van der Waals surface area contributed by atoms with Crippen LogP contribution >= 0.6 is 15.9 Å². The number of sulfonamides is 1. The molecule has 0 aliphatic heterocycles. The van der Waals surface area contributed by atoms with Crippen molar-refractivity contribution in [1.82, 2.24) is 4.72 Å². The number of nitrogen functional groups attached to an aromatic ring is 1. The van der Waals surface area contributed by atoms with Gasteiger partial charge in [0.1, 0.15) is 4.90 Å². The van der Waals surface area contributed by atoms with Gasteiger partial charge in [0.05, 0.1) is 4.47 Å². The van der Waals surface area contributed by atoms with Gasteiger partial charge in [-0.25, -0.2) is 17.5 Å². The first-order chi connectivity index (χ1) is 8.65. The van der Waals surface area contributed by atoms with E-state index in [9.17, 15) is 12.8 Å². The molecule has 0 aromatic heterocycles. The molecule has 3 N–H and O–H groups in total. The second-order valence-electron chi connectivity index (χ2n) is 4.89. The van der Waals surface area contributed by atoms with Gasteiger partial charge in [0.15, 0.2) is 5.82 Å². The normalized spacial score (nSPS) is 13.8. The van der Waals surface area contributed by atoms with Crippen LogP contribution in [0.15, 0.2) is 21.5 Å². The summed E-state index contributed by atoms with van der Waals surface area (Å²) in [5.74, 6) is -0.346. The number of hydrogen-bond donors (Lipinski definition) is 2. The summed E-state index contributed by atoms with van der Waals surface area (Å²) in [4.78, 5) is -0.435. The van der Waals surface area contributed by atoms with Crippen molar-refractivity contribution in [2.24, 2.45) is 11.8 Å². The van der Waals surface area contributed by atoms with Gasteiger partial charge in [-0.05, 0) is 39.9 Å². The summed E-state index contributed by atoms with van der Waals surface area (Å²) in [7, 11) is -3.90. The van der Waals surface area contributed by atoms with Crippen molar-refractivity contribution in [1.29, 1.82) is 0 Å². The Labute approximate surface area is 121 Å². The van der Waals surface area contributed by atoms with E-state index < -0.39 is 20.7 Å². The van der Waals surface area contributed by atoms with Crippen molar-refractivity contribution in [2.45, 2.75) is 25.7 Å². The molecule has 0 saturated carbocycles. The highest BCUT2D eigenvalue weighted by atomic mass is 79.9. The van der Waals surface area contributed by atoms with E-state index in [0.717, 1.165) is 6.07 Å².